The largest absolute Gasteiger partial charge is 0.393 e. The van der Waals surface area contributed by atoms with Gasteiger partial charge in [-0.05, 0) is 30.3 Å². The predicted octanol–water partition coefficient (Wildman–Crippen LogP) is 1.88. The molecule has 1 N–H and O–H groups in total. The molecule has 4 nitrogen and oxygen atoms in total. The minimum Gasteiger partial charge on any atom is -0.393 e. The SMILES string of the molecule is CN(CC1CC(O)C1)c1snc(Cl)c1C#N. The molecule has 2 rings (SSSR count). The van der Waals surface area contributed by atoms with Crippen molar-refractivity contribution in [1.82, 2.24) is 4.37 Å². The van der Waals surface area contributed by atoms with Gasteiger partial charge in [0.15, 0.2) is 5.15 Å². The molecule has 0 aromatic carbocycles. The van der Waals surface area contributed by atoms with Crippen molar-refractivity contribution < 1.29 is 5.11 Å². The molecule has 0 radical (unpaired) electrons. The minimum atomic E-state index is -0.140. The number of nitriles is 1. The molecule has 1 fully saturated rings. The van der Waals surface area contributed by atoms with Gasteiger partial charge < -0.3 is 10.0 Å². The highest BCUT2D eigenvalue weighted by Gasteiger charge is 2.29. The number of rotatable bonds is 3. The van der Waals surface area contributed by atoms with Crippen molar-refractivity contribution in [3.8, 4) is 6.07 Å². The molecule has 1 saturated carbocycles. The first-order chi connectivity index (χ1) is 7.61. The maximum absolute atomic E-state index is 9.20. The van der Waals surface area contributed by atoms with Crippen LogP contribution in [0.3, 0.4) is 0 Å². The monoisotopic (exact) mass is 257 g/mol. The highest BCUT2D eigenvalue weighted by molar-refractivity contribution is 7.10. The first-order valence-electron chi connectivity index (χ1n) is 5.06. The van der Waals surface area contributed by atoms with Crippen molar-refractivity contribution in [2.45, 2.75) is 18.9 Å². The van der Waals surface area contributed by atoms with Crippen LogP contribution in [0, 0.1) is 17.2 Å². The van der Waals surface area contributed by atoms with Gasteiger partial charge in [0.05, 0.1) is 6.10 Å². The van der Waals surface area contributed by atoms with Gasteiger partial charge in [-0.25, -0.2) is 0 Å². The van der Waals surface area contributed by atoms with E-state index in [1.807, 2.05) is 11.9 Å². The number of aliphatic hydroxyl groups excluding tert-OH is 1. The summed E-state index contributed by atoms with van der Waals surface area (Å²) in [7, 11) is 1.93. The van der Waals surface area contributed by atoms with Crippen LogP contribution in [-0.4, -0.2) is 29.2 Å². The van der Waals surface area contributed by atoms with Crippen LogP contribution in [-0.2, 0) is 0 Å². The fourth-order valence-electron chi connectivity index (χ4n) is 1.94. The van der Waals surface area contributed by atoms with E-state index in [0.717, 1.165) is 24.4 Å². The summed E-state index contributed by atoms with van der Waals surface area (Å²) in [5, 5.41) is 19.2. The Balaban J connectivity index is 2.03. The van der Waals surface area contributed by atoms with Crippen molar-refractivity contribution in [1.29, 1.82) is 5.26 Å². The summed E-state index contributed by atoms with van der Waals surface area (Å²) in [5.41, 5.74) is 0.453. The summed E-state index contributed by atoms with van der Waals surface area (Å²) >= 11 is 7.05. The quantitative estimate of drug-likeness (QED) is 0.898. The maximum Gasteiger partial charge on any atom is 0.162 e. The van der Waals surface area contributed by atoms with Crippen molar-refractivity contribution in [3.05, 3.63) is 10.7 Å². The fraction of sp³-hybridized carbons (Fsp3) is 0.600. The molecule has 1 aromatic rings. The molecule has 0 spiro atoms. The number of anilines is 1. The van der Waals surface area contributed by atoms with Crippen molar-refractivity contribution in [2.24, 2.45) is 5.92 Å². The Bertz CT molecular complexity index is 422. The lowest BCUT2D eigenvalue weighted by atomic mass is 9.82. The molecule has 0 bridgehead atoms. The molecule has 16 heavy (non-hydrogen) atoms. The highest BCUT2D eigenvalue weighted by Crippen LogP contribution is 2.34. The number of hydrogen-bond donors (Lipinski definition) is 1. The maximum atomic E-state index is 9.20. The van der Waals surface area contributed by atoms with E-state index in [0.29, 0.717) is 11.5 Å². The Hall–Kier alpha value is -0.830. The number of hydrogen-bond acceptors (Lipinski definition) is 5. The summed E-state index contributed by atoms with van der Waals surface area (Å²) < 4.78 is 3.97. The molecule has 0 aliphatic heterocycles. The van der Waals surface area contributed by atoms with E-state index in [2.05, 4.69) is 10.4 Å². The van der Waals surface area contributed by atoms with Gasteiger partial charge in [0.25, 0.3) is 0 Å². The molecule has 6 heteroatoms. The Morgan fingerprint density at radius 3 is 2.94 bits per heavy atom. The highest BCUT2D eigenvalue weighted by atomic mass is 35.5. The fourth-order valence-corrected chi connectivity index (χ4v) is 2.93. The summed E-state index contributed by atoms with van der Waals surface area (Å²) in [6.45, 7) is 0.838. The van der Waals surface area contributed by atoms with Gasteiger partial charge in [0, 0.05) is 13.6 Å². The van der Waals surface area contributed by atoms with Crippen LogP contribution in [0.25, 0.3) is 0 Å². The lowest BCUT2D eigenvalue weighted by Gasteiger charge is -2.34. The van der Waals surface area contributed by atoms with E-state index in [1.165, 1.54) is 11.5 Å². The minimum absolute atomic E-state index is 0.140. The third kappa shape index (κ3) is 2.14. The molecule has 0 saturated heterocycles. The van der Waals surface area contributed by atoms with Gasteiger partial charge >= 0.3 is 0 Å². The number of halogens is 1. The van der Waals surface area contributed by atoms with Crippen LogP contribution in [0.4, 0.5) is 5.00 Å². The molecule has 86 valence electrons. The van der Waals surface area contributed by atoms with Gasteiger partial charge in [0.1, 0.15) is 16.6 Å². The molecule has 1 aliphatic rings. The van der Waals surface area contributed by atoms with Crippen molar-refractivity contribution >= 4 is 28.1 Å². The zero-order valence-electron chi connectivity index (χ0n) is 8.85. The second-order valence-electron chi connectivity index (χ2n) is 4.14. The topological polar surface area (TPSA) is 60.1 Å². The molecule has 1 aromatic heterocycles. The van der Waals surface area contributed by atoms with Gasteiger partial charge in [-0.2, -0.15) is 9.64 Å². The molecule has 1 aliphatic carbocycles. The molecular weight excluding hydrogens is 246 g/mol. The zero-order chi connectivity index (χ0) is 11.7. The van der Waals surface area contributed by atoms with Gasteiger partial charge in [-0.15, -0.1) is 0 Å². The molecule has 0 amide bonds. The van der Waals surface area contributed by atoms with Crippen LogP contribution >= 0.6 is 23.1 Å². The van der Waals surface area contributed by atoms with E-state index >= 15 is 0 Å². The Morgan fingerprint density at radius 2 is 2.38 bits per heavy atom. The van der Waals surface area contributed by atoms with Crippen LogP contribution in [0.15, 0.2) is 0 Å². The molecule has 1 heterocycles. The van der Waals surface area contributed by atoms with Gasteiger partial charge in [-0.1, -0.05) is 11.6 Å². The molecule has 0 atom stereocenters. The Labute approximate surface area is 103 Å². The van der Waals surface area contributed by atoms with Gasteiger partial charge in [-0.3, -0.25) is 0 Å². The van der Waals surface area contributed by atoms with Crippen LogP contribution < -0.4 is 4.90 Å². The third-order valence-corrected chi connectivity index (χ3v) is 4.17. The average molecular weight is 258 g/mol. The summed E-state index contributed by atoms with van der Waals surface area (Å²) in [6.07, 6.45) is 1.55. The number of aromatic nitrogens is 1. The van der Waals surface area contributed by atoms with E-state index < -0.39 is 0 Å². The number of aliphatic hydroxyl groups is 1. The van der Waals surface area contributed by atoms with Crippen LogP contribution in [0.1, 0.15) is 18.4 Å². The summed E-state index contributed by atoms with van der Waals surface area (Å²) in [4.78, 5) is 2.00. The van der Waals surface area contributed by atoms with Crippen LogP contribution in [0.2, 0.25) is 5.15 Å². The third-order valence-electron chi connectivity index (χ3n) is 2.83. The lowest BCUT2D eigenvalue weighted by molar-refractivity contribution is 0.0465. The second-order valence-corrected chi connectivity index (χ2v) is 5.25. The van der Waals surface area contributed by atoms with Crippen LogP contribution in [0.5, 0.6) is 0 Å². The standard InChI is InChI=1S/C10H12ClN3OS/c1-14(5-6-2-7(15)3-6)10-8(4-12)9(11)13-16-10/h6-7,15H,2-3,5H2,1H3. The summed E-state index contributed by atoms with van der Waals surface area (Å²) in [6, 6.07) is 2.07. The zero-order valence-corrected chi connectivity index (χ0v) is 10.4. The van der Waals surface area contributed by atoms with E-state index in [-0.39, 0.29) is 11.3 Å². The summed E-state index contributed by atoms with van der Waals surface area (Å²) in [5.74, 6) is 0.507. The van der Waals surface area contributed by atoms with E-state index in [9.17, 15) is 5.11 Å². The average Bonchev–Trinajstić information content (AvgIpc) is 2.57. The number of nitrogens with zero attached hydrogens (tertiary/aromatic N) is 3. The molecule has 0 unspecified atom stereocenters. The normalized spacial score (nSPS) is 23.6. The smallest absolute Gasteiger partial charge is 0.162 e. The van der Waals surface area contributed by atoms with E-state index in [1.54, 1.807) is 0 Å². The van der Waals surface area contributed by atoms with Crippen molar-refractivity contribution in [2.75, 3.05) is 18.5 Å². The first kappa shape index (κ1) is 11.6. The molecular formula is C10H12ClN3OS. The second kappa shape index (κ2) is 4.58. The predicted molar refractivity (Wildman–Crippen MR) is 63.8 cm³/mol. The van der Waals surface area contributed by atoms with Gasteiger partial charge in [0.2, 0.25) is 0 Å². The van der Waals surface area contributed by atoms with Crippen molar-refractivity contribution in [3.63, 3.8) is 0 Å². The Morgan fingerprint density at radius 1 is 1.69 bits per heavy atom. The lowest BCUT2D eigenvalue weighted by Crippen LogP contribution is -2.37. The first-order valence-corrected chi connectivity index (χ1v) is 6.21. The Kier molecular flexibility index (Phi) is 3.33. The van der Waals surface area contributed by atoms with E-state index in [4.69, 9.17) is 16.9 Å².